The van der Waals surface area contributed by atoms with E-state index in [1.807, 2.05) is 0 Å². The van der Waals surface area contributed by atoms with Crippen LogP contribution in [0.15, 0.2) is 36.5 Å². The summed E-state index contributed by atoms with van der Waals surface area (Å²) >= 11 is 0. The maximum Gasteiger partial charge on any atom is 0.328 e. The lowest BCUT2D eigenvalue weighted by Gasteiger charge is -2.44. The van der Waals surface area contributed by atoms with Gasteiger partial charge in [0.15, 0.2) is 0 Å². The number of esters is 1. The molecule has 0 amide bonds. The predicted octanol–water partition coefficient (Wildman–Crippen LogP) is 2.82. The van der Waals surface area contributed by atoms with Crippen molar-refractivity contribution in [2.45, 2.75) is 57.7 Å². The number of aromatic nitrogens is 1. The van der Waals surface area contributed by atoms with Gasteiger partial charge in [0, 0.05) is 53.8 Å². The van der Waals surface area contributed by atoms with Gasteiger partial charge in [-0.25, -0.2) is 9.59 Å². The Labute approximate surface area is 204 Å². The van der Waals surface area contributed by atoms with Crippen LogP contribution in [0.5, 0.6) is 0 Å². The number of carbonyl (C=O) groups is 3. The van der Waals surface area contributed by atoms with Gasteiger partial charge in [-0.2, -0.15) is 0 Å². The van der Waals surface area contributed by atoms with Crippen LogP contribution in [-0.2, 0) is 25.5 Å². The van der Waals surface area contributed by atoms with Crippen LogP contribution in [0.4, 0.5) is 0 Å². The number of carboxylic acid groups (broad SMARTS) is 2. The van der Waals surface area contributed by atoms with Gasteiger partial charge < -0.3 is 29.5 Å². The summed E-state index contributed by atoms with van der Waals surface area (Å²) in [6.45, 7) is 6.88. The standard InChI is InChI=1S/C22H30N2O3.C4H4O4/c1-13(2)24-11-15-9-20-18(17-6-5-7-19(24)21(15)17)8-16(10-23(20)4)22(26)27-12-14(3)25;5-3(6)1-2-4(7)8/h5-7,11,13-14,16,18,20,25H,8-10,12H2,1-4H3;1-2H,(H,5,6)(H,7,8)/b;2-1-/t14?,16-,18-,20-;/m1./s1. The number of aliphatic hydroxyl groups is 1. The summed E-state index contributed by atoms with van der Waals surface area (Å²) in [7, 11) is 2.12. The molecule has 2 aliphatic rings. The largest absolute Gasteiger partial charge is 0.478 e. The summed E-state index contributed by atoms with van der Waals surface area (Å²) in [6.07, 6.45) is 4.67. The molecular formula is C26H34N2O7. The van der Waals surface area contributed by atoms with E-state index in [0.29, 0.717) is 30.2 Å². The third-order valence-electron chi connectivity index (χ3n) is 6.60. The van der Waals surface area contributed by atoms with Crippen LogP contribution in [0.1, 0.15) is 50.3 Å². The Hall–Kier alpha value is -3.17. The topological polar surface area (TPSA) is 129 Å². The van der Waals surface area contributed by atoms with Crippen molar-refractivity contribution in [3.63, 3.8) is 0 Å². The summed E-state index contributed by atoms with van der Waals surface area (Å²) in [5, 5.41) is 26.4. The molecule has 9 heteroatoms. The molecule has 2 aromatic rings. The van der Waals surface area contributed by atoms with Crippen LogP contribution >= 0.6 is 0 Å². The molecule has 4 rings (SSSR count). The van der Waals surface area contributed by atoms with Crippen molar-refractivity contribution in [1.29, 1.82) is 0 Å². The quantitative estimate of drug-likeness (QED) is 0.420. The molecule has 0 saturated carbocycles. The number of hydrogen-bond donors (Lipinski definition) is 3. The fourth-order valence-electron chi connectivity index (χ4n) is 5.14. The van der Waals surface area contributed by atoms with Crippen LogP contribution < -0.4 is 0 Å². The molecule has 1 aliphatic heterocycles. The van der Waals surface area contributed by atoms with Crippen molar-refractivity contribution in [3.05, 3.63) is 47.7 Å². The average molecular weight is 487 g/mol. The molecule has 1 saturated heterocycles. The van der Waals surface area contributed by atoms with Gasteiger partial charge in [-0.3, -0.25) is 4.79 Å². The van der Waals surface area contributed by atoms with E-state index >= 15 is 0 Å². The number of rotatable bonds is 6. The maximum absolute atomic E-state index is 12.5. The van der Waals surface area contributed by atoms with Crippen LogP contribution in [0.3, 0.4) is 0 Å². The average Bonchev–Trinajstić information content (AvgIpc) is 3.17. The molecule has 1 aromatic heterocycles. The maximum atomic E-state index is 12.5. The van der Waals surface area contributed by atoms with E-state index in [1.54, 1.807) is 6.92 Å². The lowest BCUT2D eigenvalue weighted by atomic mass is 9.72. The molecule has 1 fully saturated rings. The minimum Gasteiger partial charge on any atom is -0.478 e. The number of likely N-dealkylation sites (tertiary alicyclic amines) is 1. The van der Waals surface area contributed by atoms with Gasteiger partial charge in [-0.1, -0.05) is 12.1 Å². The zero-order valence-corrected chi connectivity index (χ0v) is 20.5. The number of fused-ring (bicyclic) bond motifs is 2. The number of aliphatic hydroxyl groups excluding tert-OH is 1. The van der Waals surface area contributed by atoms with E-state index in [2.05, 4.69) is 54.8 Å². The second-order valence-corrected chi connectivity index (χ2v) is 9.64. The summed E-state index contributed by atoms with van der Waals surface area (Å²) in [6, 6.07) is 7.45. The molecule has 0 spiro atoms. The fourth-order valence-corrected chi connectivity index (χ4v) is 5.14. The molecule has 1 aliphatic carbocycles. The summed E-state index contributed by atoms with van der Waals surface area (Å²) < 4.78 is 7.70. The SMILES string of the molecule is CC(O)COC(=O)[C@@H]1C[C@@H]2c3cccc4c3c(cn4C(C)C)C[C@H]2N(C)C1.O=C(O)/C=C\C(=O)O. The molecule has 9 nitrogen and oxygen atoms in total. The highest BCUT2D eigenvalue weighted by Gasteiger charge is 2.42. The predicted molar refractivity (Wildman–Crippen MR) is 130 cm³/mol. The number of piperidine rings is 1. The van der Waals surface area contributed by atoms with E-state index in [-0.39, 0.29) is 18.5 Å². The third kappa shape index (κ3) is 6.10. The van der Waals surface area contributed by atoms with E-state index in [0.717, 1.165) is 19.4 Å². The van der Waals surface area contributed by atoms with Crippen LogP contribution in [0.25, 0.3) is 10.9 Å². The Morgan fingerprint density at radius 3 is 2.37 bits per heavy atom. The number of carbonyl (C=O) groups excluding carboxylic acids is 1. The Morgan fingerprint density at radius 2 is 1.80 bits per heavy atom. The van der Waals surface area contributed by atoms with Crippen molar-refractivity contribution in [3.8, 4) is 0 Å². The summed E-state index contributed by atoms with van der Waals surface area (Å²) in [5.41, 5.74) is 4.10. The van der Waals surface area contributed by atoms with Crippen molar-refractivity contribution >= 4 is 28.8 Å². The van der Waals surface area contributed by atoms with E-state index in [9.17, 15) is 19.5 Å². The molecule has 2 heterocycles. The van der Waals surface area contributed by atoms with Gasteiger partial charge in [0.05, 0.1) is 12.0 Å². The van der Waals surface area contributed by atoms with Gasteiger partial charge in [0.1, 0.15) is 6.61 Å². The first-order chi connectivity index (χ1) is 16.5. The van der Waals surface area contributed by atoms with Gasteiger partial charge in [-0.05, 0) is 57.9 Å². The molecule has 0 radical (unpaired) electrons. The van der Waals surface area contributed by atoms with Gasteiger partial charge >= 0.3 is 17.9 Å². The van der Waals surface area contributed by atoms with E-state index in [4.69, 9.17) is 14.9 Å². The number of ether oxygens (including phenoxy) is 1. The van der Waals surface area contributed by atoms with Gasteiger partial charge in [0.25, 0.3) is 0 Å². The normalized spacial score (nSPS) is 22.4. The fraction of sp³-hybridized carbons (Fsp3) is 0.500. The first-order valence-corrected chi connectivity index (χ1v) is 11.8. The Balaban J connectivity index is 0.000000371. The Morgan fingerprint density at radius 1 is 1.14 bits per heavy atom. The monoisotopic (exact) mass is 486 g/mol. The lowest BCUT2D eigenvalue weighted by molar-refractivity contribution is -0.154. The van der Waals surface area contributed by atoms with Crippen molar-refractivity contribution < 1.29 is 34.4 Å². The highest BCUT2D eigenvalue weighted by molar-refractivity contribution is 5.90. The molecule has 3 N–H and O–H groups in total. The van der Waals surface area contributed by atoms with Crippen molar-refractivity contribution in [1.82, 2.24) is 9.47 Å². The van der Waals surface area contributed by atoms with Gasteiger partial charge in [0.2, 0.25) is 0 Å². The molecule has 1 unspecified atom stereocenters. The zero-order valence-electron chi connectivity index (χ0n) is 20.5. The van der Waals surface area contributed by atoms with Crippen LogP contribution in [0.2, 0.25) is 0 Å². The van der Waals surface area contributed by atoms with E-state index in [1.165, 1.54) is 22.0 Å². The minimum absolute atomic E-state index is 0.0735. The molecule has 190 valence electrons. The number of carboxylic acids is 2. The number of nitrogens with zero attached hydrogens (tertiary/aromatic N) is 2. The Kier molecular flexibility index (Phi) is 8.34. The number of likely N-dealkylation sites (N-methyl/N-ethyl adjacent to an activating group) is 1. The van der Waals surface area contributed by atoms with Crippen LogP contribution in [-0.4, -0.2) is 75.0 Å². The number of hydrogen-bond acceptors (Lipinski definition) is 6. The second-order valence-electron chi connectivity index (χ2n) is 9.64. The number of aliphatic carboxylic acids is 2. The van der Waals surface area contributed by atoms with Crippen LogP contribution in [0, 0.1) is 5.92 Å². The minimum atomic E-state index is -1.26. The summed E-state index contributed by atoms with van der Waals surface area (Å²) in [4.78, 5) is 34.0. The van der Waals surface area contributed by atoms with Gasteiger partial charge in [-0.15, -0.1) is 0 Å². The number of benzene rings is 1. The van der Waals surface area contributed by atoms with E-state index < -0.39 is 18.0 Å². The molecular weight excluding hydrogens is 452 g/mol. The van der Waals surface area contributed by atoms with Crippen molar-refractivity contribution in [2.24, 2.45) is 5.92 Å². The molecule has 4 atom stereocenters. The smallest absolute Gasteiger partial charge is 0.328 e. The first-order valence-electron chi connectivity index (χ1n) is 11.8. The molecule has 0 bridgehead atoms. The zero-order chi connectivity index (χ0) is 25.9. The molecule has 35 heavy (non-hydrogen) atoms. The molecule has 1 aromatic carbocycles. The first kappa shape index (κ1) is 26.4. The lowest BCUT2D eigenvalue weighted by Crippen LogP contribution is -2.49. The highest BCUT2D eigenvalue weighted by atomic mass is 16.5. The Bertz CT molecular complexity index is 1100. The highest BCUT2D eigenvalue weighted by Crippen LogP contribution is 2.45. The van der Waals surface area contributed by atoms with Crippen molar-refractivity contribution in [2.75, 3.05) is 20.2 Å². The summed E-state index contributed by atoms with van der Waals surface area (Å²) in [5.74, 6) is -2.50. The third-order valence-corrected chi connectivity index (χ3v) is 6.60. The second kappa shape index (κ2) is 11.0.